The van der Waals surface area contributed by atoms with Crippen molar-refractivity contribution >= 4 is 22.9 Å². The SMILES string of the molecule is Br.CCCCN1C=C(C(N)=O)C=CC1. The summed E-state index contributed by atoms with van der Waals surface area (Å²) in [6.45, 7) is 4.03. The first-order valence-corrected chi connectivity index (χ1v) is 4.66. The molecule has 1 aliphatic heterocycles. The predicted molar refractivity (Wildman–Crippen MR) is 63.2 cm³/mol. The minimum atomic E-state index is -0.350. The van der Waals surface area contributed by atoms with Crippen LogP contribution in [-0.4, -0.2) is 23.9 Å². The highest BCUT2D eigenvalue weighted by Crippen LogP contribution is 2.07. The molecule has 0 fully saturated rings. The number of halogens is 1. The van der Waals surface area contributed by atoms with Gasteiger partial charge in [0.1, 0.15) is 0 Å². The summed E-state index contributed by atoms with van der Waals surface area (Å²) in [7, 11) is 0. The molecule has 0 unspecified atom stereocenters. The van der Waals surface area contributed by atoms with Gasteiger partial charge in [0.15, 0.2) is 0 Å². The van der Waals surface area contributed by atoms with Gasteiger partial charge in [0.25, 0.3) is 0 Å². The first-order valence-electron chi connectivity index (χ1n) is 4.66. The van der Waals surface area contributed by atoms with E-state index >= 15 is 0 Å². The first kappa shape index (κ1) is 13.2. The van der Waals surface area contributed by atoms with Gasteiger partial charge >= 0.3 is 0 Å². The third-order valence-electron chi connectivity index (χ3n) is 2.04. The highest BCUT2D eigenvalue weighted by Gasteiger charge is 2.07. The van der Waals surface area contributed by atoms with Crippen LogP contribution in [-0.2, 0) is 4.79 Å². The summed E-state index contributed by atoms with van der Waals surface area (Å²) in [4.78, 5) is 13.0. The Hall–Kier alpha value is -0.770. The molecule has 3 nitrogen and oxygen atoms in total. The molecule has 14 heavy (non-hydrogen) atoms. The normalized spacial score (nSPS) is 14.6. The quantitative estimate of drug-likeness (QED) is 0.835. The molecule has 0 atom stereocenters. The number of unbranched alkanes of at least 4 members (excludes halogenated alkanes) is 1. The molecule has 1 rings (SSSR count). The number of nitrogens with two attached hydrogens (primary N) is 1. The maximum atomic E-state index is 10.8. The monoisotopic (exact) mass is 260 g/mol. The fourth-order valence-electron chi connectivity index (χ4n) is 1.27. The molecule has 0 aliphatic carbocycles. The standard InChI is InChI=1S/C10H16N2O.BrH/c1-2-3-6-12-7-4-5-9(8-12)10(11)13;/h4-5,8H,2-3,6-7H2,1H3,(H2,11,13);1H. The average molecular weight is 261 g/mol. The van der Waals surface area contributed by atoms with E-state index in [-0.39, 0.29) is 22.9 Å². The zero-order chi connectivity index (χ0) is 9.68. The molecule has 0 aromatic heterocycles. The summed E-state index contributed by atoms with van der Waals surface area (Å²) >= 11 is 0. The number of nitrogens with zero attached hydrogens (tertiary/aromatic N) is 1. The van der Waals surface area contributed by atoms with E-state index in [1.807, 2.05) is 12.3 Å². The summed E-state index contributed by atoms with van der Waals surface area (Å²) in [6, 6.07) is 0. The third-order valence-corrected chi connectivity index (χ3v) is 2.04. The molecule has 0 aromatic rings. The fraction of sp³-hybridized carbons (Fsp3) is 0.500. The Bertz CT molecular complexity index is 249. The minimum absolute atomic E-state index is 0. The molecule has 0 radical (unpaired) electrons. The summed E-state index contributed by atoms with van der Waals surface area (Å²) < 4.78 is 0. The molecule has 0 saturated heterocycles. The van der Waals surface area contributed by atoms with Gasteiger partial charge < -0.3 is 10.6 Å². The lowest BCUT2D eigenvalue weighted by Crippen LogP contribution is -2.25. The fourth-order valence-corrected chi connectivity index (χ4v) is 1.27. The second kappa shape index (κ2) is 6.65. The molecule has 0 aromatic carbocycles. The Morgan fingerprint density at radius 2 is 2.36 bits per heavy atom. The maximum absolute atomic E-state index is 10.8. The zero-order valence-corrected chi connectivity index (χ0v) is 10.1. The molecule has 1 aliphatic rings. The Labute approximate surface area is 95.4 Å². The number of hydrogen-bond acceptors (Lipinski definition) is 2. The number of primary amides is 1. The first-order chi connectivity index (χ1) is 6.24. The van der Waals surface area contributed by atoms with E-state index < -0.39 is 0 Å². The van der Waals surface area contributed by atoms with E-state index in [2.05, 4.69) is 11.8 Å². The minimum Gasteiger partial charge on any atom is -0.373 e. The number of carbonyl (C=O) groups excluding carboxylic acids is 1. The second-order valence-corrected chi connectivity index (χ2v) is 3.20. The van der Waals surface area contributed by atoms with Gasteiger partial charge in [-0.1, -0.05) is 25.5 Å². The van der Waals surface area contributed by atoms with E-state index in [9.17, 15) is 4.79 Å². The smallest absolute Gasteiger partial charge is 0.250 e. The summed E-state index contributed by atoms with van der Waals surface area (Å²) in [5.41, 5.74) is 5.77. The largest absolute Gasteiger partial charge is 0.373 e. The average Bonchev–Trinajstić information content (AvgIpc) is 2.15. The van der Waals surface area contributed by atoms with E-state index in [1.54, 1.807) is 6.08 Å². The van der Waals surface area contributed by atoms with Crippen LogP contribution in [0.1, 0.15) is 19.8 Å². The number of amides is 1. The summed E-state index contributed by atoms with van der Waals surface area (Å²) in [6.07, 6.45) is 7.91. The molecular weight excluding hydrogens is 244 g/mol. The van der Waals surface area contributed by atoms with E-state index in [0.29, 0.717) is 5.57 Å². The van der Waals surface area contributed by atoms with Crippen molar-refractivity contribution in [2.45, 2.75) is 19.8 Å². The molecule has 0 saturated carbocycles. The Morgan fingerprint density at radius 3 is 2.93 bits per heavy atom. The van der Waals surface area contributed by atoms with Crippen LogP contribution in [0.5, 0.6) is 0 Å². The van der Waals surface area contributed by atoms with Gasteiger partial charge in [0.05, 0.1) is 5.57 Å². The van der Waals surface area contributed by atoms with E-state index in [0.717, 1.165) is 19.5 Å². The third kappa shape index (κ3) is 3.96. The lowest BCUT2D eigenvalue weighted by atomic mass is 10.2. The highest BCUT2D eigenvalue weighted by atomic mass is 79.9. The van der Waals surface area contributed by atoms with Crippen molar-refractivity contribution in [3.8, 4) is 0 Å². The number of rotatable bonds is 4. The van der Waals surface area contributed by atoms with Crippen LogP contribution in [0.15, 0.2) is 23.9 Å². The second-order valence-electron chi connectivity index (χ2n) is 3.20. The number of carbonyl (C=O) groups is 1. The summed E-state index contributed by atoms with van der Waals surface area (Å²) in [5, 5.41) is 0. The Morgan fingerprint density at radius 1 is 1.64 bits per heavy atom. The molecular formula is C10H17BrN2O. The van der Waals surface area contributed by atoms with Crippen molar-refractivity contribution in [2.24, 2.45) is 5.73 Å². The van der Waals surface area contributed by atoms with Crippen molar-refractivity contribution in [3.05, 3.63) is 23.9 Å². The van der Waals surface area contributed by atoms with Crippen molar-refractivity contribution in [1.29, 1.82) is 0 Å². The van der Waals surface area contributed by atoms with E-state index in [1.165, 1.54) is 6.42 Å². The van der Waals surface area contributed by atoms with E-state index in [4.69, 9.17) is 5.73 Å². The van der Waals surface area contributed by atoms with Crippen LogP contribution in [0.4, 0.5) is 0 Å². The van der Waals surface area contributed by atoms with Crippen molar-refractivity contribution in [1.82, 2.24) is 4.90 Å². The maximum Gasteiger partial charge on any atom is 0.250 e. The summed E-state index contributed by atoms with van der Waals surface area (Å²) in [5.74, 6) is -0.350. The lowest BCUT2D eigenvalue weighted by Gasteiger charge is -2.21. The van der Waals surface area contributed by atoms with Gasteiger partial charge in [-0.3, -0.25) is 4.79 Å². The van der Waals surface area contributed by atoms with Crippen LogP contribution in [0.2, 0.25) is 0 Å². The molecule has 0 bridgehead atoms. The van der Waals surface area contributed by atoms with Crippen LogP contribution in [0.25, 0.3) is 0 Å². The number of hydrogen-bond donors (Lipinski definition) is 1. The Kier molecular flexibility index (Phi) is 6.28. The van der Waals surface area contributed by atoms with Gasteiger partial charge in [-0.25, -0.2) is 0 Å². The van der Waals surface area contributed by atoms with Crippen LogP contribution < -0.4 is 5.73 Å². The molecule has 1 heterocycles. The molecule has 0 spiro atoms. The molecule has 4 heteroatoms. The molecule has 80 valence electrons. The topological polar surface area (TPSA) is 46.3 Å². The van der Waals surface area contributed by atoms with Gasteiger partial charge in [-0.2, -0.15) is 0 Å². The van der Waals surface area contributed by atoms with Gasteiger partial charge in [-0.15, -0.1) is 17.0 Å². The van der Waals surface area contributed by atoms with Crippen LogP contribution in [0, 0.1) is 0 Å². The Balaban J connectivity index is 0.00000169. The van der Waals surface area contributed by atoms with Crippen molar-refractivity contribution in [2.75, 3.05) is 13.1 Å². The van der Waals surface area contributed by atoms with Crippen LogP contribution in [0.3, 0.4) is 0 Å². The molecule has 1 amide bonds. The highest BCUT2D eigenvalue weighted by molar-refractivity contribution is 8.93. The van der Waals surface area contributed by atoms with Crippen molar-refractivity contribution in [3.63, 3.8) is 0 Å². The van der Waals surface area contributed by atoms with Gasteiger partial charge in [0, 0.05) is 19.3 Å². The predicted octanol–water partition coefficient (Wildman–Crippen LogP) is 1.61. The van der Waals surface area contributed by atoms with Crippen molar-refractivity contribution < 1.29 is 4.79 Å². The molecule has 2 N–H and O–H groups in total. The zero-order valence-electron chi connectivity index (χ0n) is 8.40. The lowest BCUT2D eigenvalue weighted by molar-refractivity contribution is -0.114. The van der Waals surface area contributed by atoms with Crippen LogP contribution >= 0.6 is 17.0 Å². The van der Waals surface area contributed by atoms with Gasteiger partial charge in [0.2, 0.25) is 5.91 Å². The van der Waals surface area contributed by atoms with Gasteiger partial charge in [-0.05, 0) is 6.42 Å².